The number of nitrogens with zero attached hydrogens (tertiary/aromatic N) is 6. The Morgan fingerprint density at radius 2 is 2.10 bits per heavy atom. The van der Waals surface area contributed by atoms with Gasteiger partial charge in [-0.15, -0.1) is 0 Å². The van der Waals surface area contributed by atoms with E-state index in [1.165, 1.54) is 27.4 Å². The molecule has 1 saturated carbocycles. The Bertz CT molecular complexity index is 1400. The third-order valence-electron chi connectivity index (χ3n) is 5.18. The summed E-state index contributed by atoms with van der Waals surface area (Å²) in [5, 5.41) is 23.5. The van der Waals surface area contributed by atoms with Crippen LogP contribution in [-0.2, 0) is 5.60 Å². The Hall–Kier alpha value is -3.58. The zero-order chi connectivity index (χ0) is 20.5. The van der Waals surface area contributed by atoms with E-state index in [4.69, 9.17) is 4.52 Å². The number of fused-ring (bicyclic) bond motifs is 3. The van der Waals surface area contributed by atoms with Gasteiger partial charge < -0.3 is 14.2 Å². The molecule has 0 unspecified atom stereocenters. The first-order chi connectivity index (χ1) is 13.9. The number of aliphatic hydroxyl groups is 1. The number of rotatable bonds is 3. The molecule has 1 N–H and O–H groups in total. The van der Waals surface area contributed by atoms with Gasteiger partial charge in [-0.2, -0.15) is 10.2 Å². The smallest absolute Gasteiger partial charge is 0.278 e. The van der Waals surface area contributed by atoms with Crippen molar-refractivity contribution in [2.24, 2.45) is 0 Å². The Balaban J connectivity index is 1.88. The topological polar surface area (TPSA) is 122 Å². The minimum absolute atomic E-state index is 0.0807. The molecule has 0 radical (unpaired) electrons. The van der Waals surface area contributed by atoms with Crippen LogP contribution in [0.4, 0.5) is 4.39 Å². The first-order valence-corrected chi connectivity index (χ1v) is 9.06. The van der Waals surface area contributed by atoms with Crippen LogP contribution in [-0.4, -0.2) is 29.2 Å². The van der Waals surface area contributed by atoms with E-state index in [0.29, 0.717) is 18.4 Å². The highest BCUT2D eigenvalue weighted by Crippen LogP contribution is 2.44. The molecule has 1 aliphatic rings. The molecule has 10 heteroatoms. The van der Waals surface area contributed by atoms with Crippen molar-refractivity contribution in [2.45, 2.75) is 38.3 Å². The van der Waals surface area contributed by atoms with Crippen LogP contribution >= 0.6 is 0 Å². The average Bonchev–Trinajstić information content (AvgIpc) is 3.11. The lowest BCUT2D eigenvalue weighted by atomic mass is 10.1. The van der Waals surface area contributed by atoms with Crippen molar-refractivity contribution in [3.63, 3.8) is 0 Å². The fraction of sp³-hybridized carbons (Fsp3) is 0.316. The molecule has 0 aliphatic heterocycles. The standard InChI is InChI=1S/C19H15FN6O3/c1-9(2)26-14-10(7-21)11(20)3-4-12(14)25-8-22-13(15(25)17(26)27)16-23-18(29-24-16)19(28)5-6-19/h3-4,8-9,28H,5-6H2,1-2H3. The highest BCUT2D eigenvalue weighted by atomic mass is 19.1. The molecule has 1 aliphatic carbocycles. The fourth-order valence-corrected chi connectivity index (χ4v) is 3.55. The number of hydrogen-bond donors (Lipinski definition) is 1. The van der Waals surface area contributed by atoms with Gasteiger partial charge in [-0.3, -0.25) is 9.20 Å². The van der Waals surface area contributed by atoms with Crippen LogP contribution in [0, 0.1) is 17.1 Å². The molecule has 146 valence electrons. The lowest BCUT2D eigenvalue weighted by Gasteiger charge is -2.16. The maximum Gasteiger partial charge on any atom is 0.278 e. The maximum absolute atomic E-state index is 14.3. The van der Waals surface area contributed by atoms with Gasteiger partial charge in [-0.05, 0) is 38.8 Å². The second kappa shape index (κ2) is 5.71. The van der Waals surface area contributed by atoms with Crippen molar-refractivity contribution in [1.29, 1.82) is 5.26 Å². The monoisotopic (exact) mass is 394 g/mol. The van der Waals surface area contributed by atoms with Crippen molar-refractivity contribution >= 4 is 16.6 Å². The normalized spacial score (nSPS) is 15.3. The zero-order valence-corrected chi connectivity index (χ0v) is 15.5. The molecule has 9 nitrogen and oxygen atoms in total. The average molecular weight is 394 g/mol. The SMILES string of the molecule is CC(C)n1c(=O)c2c(-c3noc(C4(O)CC4)n3)ncn2c2ccc(F)c(C#N)c21. The summed E-state index contributed by atoms with van der Waals surface area (Å²) in [6.07, 6.45) is 2.47. The predicted molar refractivity (Wildman–Crippen MR) is 98.4 cm³/mol. The molecule has 0 atom stereocenters. The van der Waals surface area contributed by atoms with E-state index in [1.54, 1.807) is 13.8 Å². The van der Waals surface area contributed by atoms with E-state index in [2.05, 4.69) is 15.1 Å². The Morgan fingerprint density at radius 3 is 2.76 bits per heavy atom. The van der Waals surface area contributed by atoms with Crippen molar-refractivity contribution < 1.29 is 14.0 Å². The van der Waals surface area contributed by atoms with Gasteiger partial charge in [0.2, 0.25) is 5.82 Å². The molecule has 0 spiro atoms. The molecule has 0 amide bonds. The van der Waals surface area contributed by atoms with Gasteiger partial charge in [0.05, 0.1) is 11.0 Å². The molecule has 1 aromatic carbocycles. The van der Waals surface area contributed by atoms with Crippen LogP contribution in [0.5, 0.6) is 0 Å². The highest BCUT2D eigenvalue weighted by molar-refractivity contribution is 5.87. The first-order valence-electron chi connectivity index (χ1n) is 9.06. The molecule has 29 heavy (non-hydrogen) atoms. The molecular weight excluding hydrogens is 379 g/mol. The predicted octanol–water partition coefficient (Wildman–Crippen LogP) is 2.27. The minimum Gasteiger partial charge on any atom is -0.380 e. The van der Waals surface area contributed by atoms with Gasteiger partial charge in [0.15, 0.2) is 0 Å². The number of nitriles is 1. The van der Waals surface area contributed by atoms with Gasteiger partial charge >= 0.3 is 0 Å². The lowest BCUT2D eigenvalue weighted by molar-refractivity contribution is 0.108. The molecule has 5 rings (SSSR count). The summed E-state index contributed by atoms with van der Waals surface area (Å²) in [4.78, 5) is 21.9. The van der Waals surface area contributed by atoms with Crippen molar-refractivity contribution in [1.82, 2.24) is 24.1 Å². The minimum atomic E-state index is -1.11. The first kappa shape index (κ1) is 17.5. The van der Waals surface area contributed by atoms with Crippen LogP contribution in [0.3, 0.4) is 0 Å². The van der Waals surface area contributed by atoms with Crippen LogP contribution in [0.15, 0.2) is 27.8 Å². The molecular formula is C19H15FN6O3. The van der Waals surface area contributed by atoms with Crippen LogP contribution in [0.2, 0.25) is 0 Å². The summed E-state index contributed by atoms with van der Waals surface area (Å²) in [7, 11) is 0. The third-order valence-corrected chi connectivity index (χ3v) is 5.18. The van der Waals surface area contributed by atoms with Crippen LogP contribution in [0.25, 0.3) is 28.1 Å². The summed E-state index contributed by atoms with van der Waals surface area (Å²) >= 11 is 0. The van der Waals surface area contributed by atoms with Crippen LogP contribution in [0.1, 0.15) is 44.2 Å². The molecule has 1 fully saturated rings. The molecule has 3 heterocycles. The van der Waals surface area contributed by atoms with E-state index >= 15 is 0 Å². The molecule has 3 aromatic heterocycles. The molecule has 4 aromatic rings. The maximum atomic E-state index is 14.3. The van der Waals surface area contributed by atoms with Crippen LogP contribution < -0.4 is 5.56 Å². The Kier molecular flexibility index (Phi) is 3.45. The number of aromatic nitrogens is 5. The number of imidazole rings is 1. The van der Waals surface area contributed by atoms with Gasteiger partial charge in [-0.25, -0.2) is 9.37 Å². The zero-order valence-electron chi connectivity index (χ0n) is 15.5. The quantitative estimate of drug-likeness (QED) is 0.565. The summed E-state index contributed by atoms with van der Waals surface area (Å²) in [5.74, 6) is -0.529. The van der Waals surface area contributed by atoms with Gasteiger partial charge in [-0.1, -0.05) is 5.16 Å². The largest absolute Gasteiger partial charge is 0.380 e. The summed E-state index contributed by atoms with van der Waals surface area (Å²) in [5.41, 5.74) is -0.753. The second-order valence-electron chi connectivity index (χ2n) is 7.44. The Morgan fingerprint density at radius 1 is 1.34 bits per heavy atom. The molecule has 0 saturated heterocycles. The van der Waals surface area contributed by atoms with Gasteiger partial charge in [0, 0.05) is 6.04 Å². The number of halogens is 1. The van der Waals surface area contributed by atoms with E-state index < -0.39 is 17.0 Å². The van der Waals surface area contributed by atoms with Gasteiger partial charge in [0.25, 0.3) is 11.4 Å². The van der Waals surface area contributed by atoms with E-state index in [-0.39, 0.29) is 40.0 Å². The number of benzene rings is 1. The van der Waals surface area contributed by atoms with Gasteiger partial charge in [0.1, 0.15) is 40.6 Å². The molecule has 0 bridgehead atoms. The van der Waals surface area contributed by atoms with Crippen molar-refractivity contribution in [3.05, 3.63) is 46.1 Å². The third kappa shape index (κ3) is 2.34. The Labute approximate surface area is 162 Å². The van der Waals surface area contributed by atoms with E-state index in [9.17, 15) is 19.6 Å². The summed E-state index contributed by atoms with van der Waals surface area (Å²) < 4.78 is 22.3. The number of hydrogen-bond acceptors (Lipinski definition) is 7. The lowest BCUT2D eigenvalue weighted by Crippen LogP contribution is -2.25. The summed E-state index contributed by atoms with van der Waals surface area (Å²) in [6, 6.07) is 4.19. The second-order valence-corrected chi connectivity index (χ2v) is 7.44. The van der Waals surface area contributed by atoms with E-state index in [1.807, 2.05) is 6.07 Å². The summed E-state index contributed by atoms with van der Waals surface area (Å²) in [6.45, 7) is 3.54. The fourth-order valence-electron chi connectivity index (χ4n) is 3.55. The van der Waals surface area contributed by atoms with Crippen molar-refractivity contribution in [2.75, 3.05) is 0 Å². The van der Waals surface area contributed by atoms with E-state index in [0.717, 1.165) is 0 Å². The highest BCUT2D eigenvalue weighted by Gasteiger charge is 2.48. The van der Waals surface area contributed by atoms with Crippen molar-refractivity contribution in [3.8, 4) is 17.6 Å².